The second-order valence-corrected chi connectivity index (χ2v) is 5.75. The first-order valence-electron chi connectivity index (χ1n) is 6.45. The lowest BCUT2D eigenvalue weighted by Gasteiger charge is -2.23. The van der Waals surface area contributed by atoms with Gasteiger partial charge in [0.25, 0.3) is 5.91 Å². The van der Waals surface area contributed by atoms with Gasteiger partial charge in [-0.15, -0.1) is 0 Å². The van der Waals surface area contributed by atoms with Crippen LogP contribution in [-0.4, -0.2) is 11.9 Å². The highest BCUT2D eigenvalue weighted by molar-refractivity contribution is 9.10. The van der Waals surface area contributed by atoms with E-state index in [0.717, 1.165) is 17.7 Å². The van der Waals surface area contributed by atoms with Crippen molar-refractivity contribution in [2.45, 2.75) is 19.4 Å². The average Bonchev–Trinajstić information content (AvgIpc) is 2.77. The predicted molar refractivity (Wildman–Crippen MR) is 80.5 cm³/mol. The molecule has 1 amide bonds. The molecule has 1 atom stereocenters. The molecule has 0 aromatic heterocycles. The zero-order valence-electron chi connectivity index (χ0n) is 10.9. The third-order valence-electron chi connectivity index (χ3n) is 3.61. The van der Waals surface area contributed by atoms with E-state index in [-0.39, 0.29) is 16.4 Å². The van der Waals surface area contributed by atoms with Crippen LogP contribution in [0.1, 0.15) is 22.8 Å². The molecule has 0 N–H and O–H groups in total. The number of hydrogen-bond acceptors (Lipinski definition) is 1. The molecule has 0 spiro atoms. The van der Waals surface area contributed by atoms with Gasteiger partial charge in [-0.25, -0.2) is 4.39 Å². The van der Waals surface area contributed by atoms with Crippen LogP contribution in [0.2, 0.25) is 0 Å². The minimum atomic E-state index is -0.420. The summed E-state index contributed by atoms with van der Waals surface area (Å²) in [4.78, 5) is 14.5. The van der Waals surface area contributed by atoms with Crippen molar-refractivity contribution >= 4 is 27.5 Å². The maximum Gasteiger partial charge on any atom is 0.259 e. The highest BCUT2D eigenvalue weighted by atomic mass is 79.9. The van der Waals surface area contributed by atoms with E-state index in [2.05, 4.69) is 15.9 Å². The van der Waals surface area contributed by atoms with E-state index < -0.39 is 5.82 Å². The smallest absolute Gasteiger partial charge is 0.259 e. The minimum Gasteiger partial charge on any atom is -0.305 e. The maximum absolute atomic E-state index is 13.6. The summed E-state index contributed by atoms with van der Waals surface area (Å²) in [5.41, 5.74) is 2.43. The number of para-hydroxylation sites is 1. The Morgan fingerprint density at radius 3 is 2.80 bits per heavy atom. The topological polar surface area (TPSA) is 20.3 Å². The van der Waals surface area contributed by atoms with Crippen LogP contribution in [0.3, 0.4) is 0 Å². The Balaban J connectivity index is 2.05. The standard InChI is InChI=1S/C16H13BrFNO/c1-10-9-11-5-2-3-8-14(11)19(10)16(20)12-6-4-7-13(18)15(12)17/h2-8,10H,9H2,1H3. The summed E-state index contributed by atoms with van der Waals surface area (Å²) >= 11 is 3.17. The van der Waals surface area contributed by atoms with E-state index in [0.29, 0.717) is 5.56 Å². The number of nitrogens with zero attached hydrogens (tertiary/aromatic N) is 1. The largest absolute Gasteiger partial charge is 0.305 e. The van der Waals surface area contributed by atoms with E-state index in [1.165, 1.54) is 6.07 Å². The van der Waals surface area contributed by atoms with Crippen LogP contribution in [0.5, 0.6) is 0 Å². The Kier molecular flexibility index (Phi) is 3.34. The molecule has 0 fully saturated rings. The van der Waals surface area contributed by atoms with Crippen LogP contribution in [0.4, 0.5) is 10.1 Å². The van der Waals surface area contributed by atoms with E-state index in [9.17, 15) is 9.18 Å². The zero-order chi connectivity index (χ0) is 14.3. The first-order chi connectivity index (χ1) is 9.59. The van der Waals surface area contributed by atoms with Gasteiger partial charge in [0.05, 0.1) is 10.0 Å². The molecule has 0 aliphatic carbocycles. The van der Waals surface area contributed by atoms with Gasteiger partial charge >= 0.3 is 0 Å². The lowest BCUT2D eigenvalue weighted by atomic mass is 10.1. The van der Waals surface area contributed by atoms with Crippen molar-refractivity contribution < 1.29 is 9.18 Å². The third kappa shape index (κ3) is 2.04. The number of benzene rings is 2. The summed E-state index contributed by atoms with van der Waals surface area (Å²) in [6, 6.07) is 12.5. The molecule has 4 heteroatoms. The minimum absolute atomic E-state index is 0.0788. The van der Waals surface area contributed by atoms with E-state index >= 15 is 0 Å². The van der Waals surface area contributed by atoms with Gasteiger partial charge in [-0.3, -0.25) is 4.79 Å². The normalized spacial score (nSPS) is 17.1. The number of carbonyl (C=O) groups is 1. The Labute approximate surface area is 125 Å². The molecule has 0 saturated carbocycles. The molecule has 1 unspecified atom stereocenters. The lowest BCUT2D eigenvalue weighted by Crippen LogP contribution is -2.36. The zero-order valence-corrected chi connectivity index (χ0v) is 12.5. The summed E-state index contributed by atoms with van der Waals surface area (Å²) in [5.74, 6) is -0.593. The number of rotatable bonds is 1. The molecule has 2 nitrogen and oxygen atoms in total. The molecule has 3 rings (SSSR count). The summed E-state index contributed by atoms with van der Waals surface area (Å²) < 4.78 is 13.8. The molecular formula is C16H13BrFNO. The molecule has 2 aromatic carbocycles. The first kappa shape index (κ1) is 13.3. The molecule has 2 aromatic rings. The molecule has 1 heterocycles. The maximum atomic E-state index is 13.6. The molecule has 20 heavy (non-hydrogen) atoms. The molecule has 0 bridgehead atoms. The molecule has 102 valence electrons. The van der Waals surface area contributed by atoms with Gasteiger partial charge in [0, 0.05) is 11.7 Å². The fraction of sp³-hybridized carbons (Fsp3) is 0.188. The monoisotopic (exact) mass is 333 g/mol. The fourth-order valence-electron chi connectivity index (χ4n) is 2.67. The molecule has 0 saturated heterocycles. The van der Waals surface area contributed by atoms with Gasteiger partial charge in [-0.2, -0.15) is 0 Å². The number of anilines is 1. The predicted octanol–water partition coefficient (Wildman–Crippen LogP) is 4.18. The highest BCUT2D eigenvalue weighted by Crippen LogP contribution is 2.34. The Morgan fingerprint density at radius 1 is 1.25 bits per heavy atom. The summed E-state index contributed by atoms with van der Waals surface area (Å²) in [7, 11) is 0. The first-order valence-corrected chi connectivity index (χ1v) is 7.24. The number of carbonyl (C=O) groups excluding carboxylic acids is 1. The van der Waals surface area contributed by atoms with Crippen LogP contribution < -0.4 is 4.90 Å². The van der Waals surface area contributed by atoms with Crippen molar-refractivity contribution in [1.29, 1.82) is 0 Å². The van der Waals surface area contributed by atoms with Crippen molar-refractivity contribution in [1.82, 2.24) is 0 Å². The van der Waals surface area contributed by atoms with Crippen LogP contribution in [0.15, 0.2) is 46.9 Å². The van der Waals surface area contributed by atoms with E-state index in [4.69, 9.17) is 0 Å². The Bertz CT molecular complexity index is 686. The SMILES string of the molecule is CC1Cc2ccccc2N1C(=O)c1cccc(F)c1Br. The lowest BCUT2D eigenvalue weighted by molar-refractivity contribution is 0.0980. The van der Waals surface area contributed by atoms with Crippen LogP contribution >= 0.6 is 15.9 Å². The number of hydrogen-bond donors (Lipinski definition) is 0. The van der Waals surface area contributed by atoms with E-state index in [1.807, 2.05) is 31.2 Å². The van der Waals surface area contributed by atoms with Crippen molar-refractivity contribution in [3.8, 4) is 0 Å². The van der Waals surface area contributed by atoms with Crippen molar-refractivity contribution in [2.75, 3.05) is 4.90 Å². The molecule has 0 radical (unpaired) electrons. The van der Waals surface area contributed by atoms with Crippen LogP contribution in [0, 0.1) is 5.82 Å². The van der Waals surface area contributed by atoms with Crippen LogP contribution in [-0.2, 0) is 6.42 Å². The Morgan fingerprint density at radius 2 is 2.00 bits per heavy atom. The fourth-order valence-corrected chi connectivity index (χ4v) is 3.11. The quantitative estimate of drug-likeness (QED) is 0.766. The summed E-state index contributed by atoms with van der Waals surface area (Å²) in [6.45, 7) is 2.01. The van der Waals surface area contributed by atoms with Gasteiger partial charge in [0.2, 0.25) is 0 Å². The second kappa shape index (κ2) is 5.02. The van der Waals surface area contributed by atoms with Crippen molar-refractivity contribution in [2.24, 2.45) is 0 Å². The van der Waals surface area contributed by atoms with Crippen molar-refractivity contribution in [3.05, 3.63) is 63.9 Å². The van der Waals surface area contributed by atoms with Gasteiger partial charge in [-0.1, -0.05) is 24.3 Å². The Hall–Kier alpha value is -1.68. The molecular weight excluding hydrogens is 321 g/mol. The number of amides is 1. The van der Waals surface area contributed by atoms with E-state index in [1.54, 1.807) is 17.0 Å². The van der Waals surface area contributed by atoms with Crippen molar-refractivity contribution in [3.63, 3.8) is 0 Å². The van der Waals surface area contributed by atoms with Crippen LogP contribution in [0.25, 0.3) is 0 Å². The third-order valence-corrected chi connectivity index (χ3v) is 4.41. The molecule has 1 aliphatic rings. The second-order valence-electron chi connectivity index (χ2n) is 4.96. The van der Waals surface area contributed by atoms with Gasteiger partial charge in [0.15, 0.2) is 0 Å². The van der Waals surface area contributed by atoms with Gasteiger partial charge in [0.1, 0.15) is 5.82 Å². The summed E-state index contributed by atoms with van der Waals surface area (Å²) in [6.07, 6.45) is 0.828. The summed E-state index contributed by atoms with van der Waals surface area (Å²) in [5, 5.41) is 0. The average molecular weight is 334 g/mol. The number of fused-ring (bicyclic) bond motifs is 1. The number of halogens is 2. The van der Waals surface area contributed by atoms with Gasteiger partial charge < -0.3 is 4.90 Å². The highest BCUT2D eigenvalue weighted by Gasteiger charge is 2.32. The molecule has 1 aliphatic heterocycles. The van der Waals surface area contributed by atoms with Gasteiger partial charge in [-0.05, 0) is 53.0 Å².